The fraction of sp³-hybridized carbons (Fsp3) is 0.700. The predicted molar refractivity (Wildman–Crippen MR) is 101 cm³/mol. The molecule has 0 radical (unpaired) electrons. The van der Waals surface area contributed by atoms with Crippen LogP contribution in [0.5, 0.6) is 0 Å². The zero-order valence-corrected chi connectivity index (χ0v) is 16.1. The first-order chi connectivity index (χ1) is 12.7. The Labute approximate surface area is 155 Å². The van der Waals surface area contributed by atoms with E-state index in [1.165, 1.54) is 37.2 Å². The van der Waals surface area contributed by atoms with Gasteiger partial charge in [-0.1, -0.05) is 12.8 Å². The van der Waals surface area contributed by atoms with Gasteiger partial charge < -0.3 is 9.30 Å². The maximum Gasteiger partial charge on any atom is 0.126 e. The lowest BCUT2D eigenvalue weighted by atomic mass is 10.1. The maximum atomic E-state index is 5.95. The van der Waals surface area contributed by atoms with E-state index < -0.39 is 0 Å². The monoisotopic (exact) mass is 357 g/mol. The molecule has 2 aromatic heterocycles. The van der Waals surface area contributed by atoms with E-state index in [0.717, 1.165) is 56.6 Å². The quantitative estimate of drug-likeness (QED) is 0.773. The Bertz CT molecular complexity index is 716. The van der Waals surface area contributed by atoms with Crippen LogP contribution in [-0.2, 0) is 24.2 Å². The van der Waals surface area contributed by atoms with Gasteiger partial charge in [-0.3, -0.25) is 10.00 Å². The molecule has 1 fully saturated rings. The molecule has 6 heteroatoms. The summed E-state index contributed by atoms with van der Waals surface area (Å²) in [4.78, 5) is 7.19. The Morgan fingerprint density at radius 2 is 2.12 bits per heavy atom. The molecular weight excluding hydrogens is 326 g/mol. The molecule has 142 valence electrons. The van der Waals surface area contributed by atoms with Gasteiger partial charge in [0, 0.05) is 50.2 Å². The summed E-state index contributed by atoms with van der Waals surface area (Å²) in [6, 6.07) is 2.44. The number of fused-ring (bicyclic) bond motifs is 1. The molecule has 26 heavy (non-hydrogen) atoms. The number of aryl methyl sites for hydroxylation is 1. The second-order valence-electron chi connectivity index (χ2n) is 7.92. The van der Waals surface area contributed by atoms with E-state index in [0.29, 0.717) is 6.04 Å². The molecular formula is C20H31N5O. The molecule has 0 unspecified atom stereocenters. The van der Waals surface area contributed by atoms with E-state index >= 15 is 0 Å². The number of rotatable bonds is 7. The van der Waals surface area contributed by atoms with E-state index in [-0.39, 0.29) is 0 Å². The third-order valence-electron chi connectivity index (χ3n) is 5.96. The van der Waals surface area contributed by atoms with Crippen LogP contribution in [-0.4, -0.2) is 44.4 Å². The molecule has 1 aliphatic heterocycles. The molecule has 4 rings (SSSR count). The molecule has 2 aromatic rings. The van der Waals surface area contributed by atoms with Gasteiger partial charge in [0.2, 0.25) is 0 Å². The molecule has 1 atom stereocenters. The zero-order chi connectivity index (χ0) is 17.9. The number of hydrogen-bond acceptors (Lipinski definition) is 4. The van der Waals surface area contributed by atoms with Crippen molar-refractivity contribution < 1.29 is 4.74 Å². The van der Waals surface area contributed by atoms with Crippen LogP contribution in [0.1, 0.15) is 61.6 Å². The van der Waals surface area contributed by atoms with Crippen LogP contribution in [0.4, 0.5) is 0 Å². The van der Waals surface area contributed by atoms with Gasteiger partial charge in [0.1, 0.15) is 5.82 Å². The van der Waals surface area contributed by atoms with Crippen LogP contribution in [0, 0.1) is 12.8 Å². The van der Waals surface area contributed by atoms with Gasteiger partial charge in [0.25, 0.3) is 0 Å². The molecule has 0 saturated heterocycles. The fourth-order valence-corrected chi connectivity index (χ4v) is 4.39. The smallest absolute Gasteiger partial charge is 0.126 e. The Hall–Kier alpha value is -1.66. The van der Waals surface area contributed by atoms with E-state index in [1.54, 1.807) is 0 Å². The normalized spacial score (nSPS) is 21.4. The molecule has 6 nitrogen and oxygen atoms in total. The SMILES string of the molecule is Cc1cc(CN2CCn3c(CCOCC4CCCC4)cnc3[C@H]2C)n[nH]1. The van der Waals surface area contributed by atoms with Crippen LogP contribution in [0.2, 0.25) is 0 Å². The highest BCUT2D eigenvalue weighted by Crippen LogP contribution is 2.27. The second kappa shape index (κ2) is 7.92. The Kier molecular flexibility index (Phi) is 5.41. The number of ether oxygens (including phenoxy) is 1. The van der Waals surface area contributed by atoms with Gasteiger partial charge >= 0.3 is 0 Å². The molecule has 1 aliphatic carbocycles. The molecule has 0 spiro atoms. The van der Waals surface area contributed by atoms with Gasteiger partial charge in [0.15, 0.2) is 0 Å². The molecule has 0 aromatic carbocycles. The van der Waals surface area contributed by atoms with Crippen molar-refractivity contribution in [2.75, 3.05) is 19.8 Å². The Morgan fingerprint density at radius 3 is 2.88 bits per heavy atom. The second-order valence-corrected chi connectivity index (χ2v) is 7.92. The van der Waals surface area contributed by atoms with Gasteiger partial charge in [-0.05, 0) is 38.7 Å². The van der Waals surface area contributed by atoms with Crippen molar-refractivity contribution in [1.82, 2.24) is 24.6 Å². The summed E-state index contributed by atoms with van der Waals surface area (Å²) < 4.78 is 8.35. The van der Waals surface area contributed by atoms with Crippen molar-refractivity contribution in [3.63, 3.8) is 0 Å². The summed E-state index contributed by atoms with van der Waals surface area (Å²) in [5.41, 5.74) is 3.54. The number of aromatic amines is 1. The summed E-state index contributed by atoms with van der Waals surface area (Å²) in [5, 5.41) is 7.41. The minimum atomic E-state index is 0.314. The Balaban J connectivity index is 1.31. The first-order valence-corrected chi connectivity index (χ1v) is 10.1. The van der Waals surface area contributed by atoms with Crippen molar-refractivity contribution >= 4 is 0 Å². The molecule has 2 aliphatic rings. The van der Waals surface area contributed by atoms with Crippen LogP contribution >= 0.6 is 0 Å². The number of nitrogens with zero attached hydrogens (tertiary/aromatic N) is 4. The lowest BCUT2D eigenvalue weighted by molar-refractivity contribution is 0.102. The summed E-state index contributed by atoms with van der Waals surface area (Å²) >= 11 is 0. The van der Waals surface area contributed by atoms with E-state index in [9.17, 15) is 0 Å². The van der Waals surface area contributed by atoms with Crippen molar-refractivity contribution in [2.24, 2.45) is 5.92 Å². The molecule has 1 saturated carbocycles. The highest BCUT2D eigenvalue weighted by molar-refractivity contribution is 5.13. The van der Waals surface area contributed by atoms with E-state index in [2.05, 4.69) is 32.7 Å². The van der Waals surface area contributed by atoms with Crippen LogP contribution in [0.3, 0.4) is 0 Å². The van der Waals surface area contributed by atoms with Crippen LogP contribution in [0.15, 0.2) is 12.3 Å². The molecule has 3 heterocycles. The summed E-state index contributed by atoms with van der Waals surface area (Å²) in [7, 11) is 0. The lowest BCUT2D eigenvalue weighted by Crippen LogP contribution is -2.37. The average Bonchev–Trinajstić information content (AvgIpc) is 3.36. The summed E-state index contributed by atoms with van der Waals surface area (Å²) in [5.74, 6) is 1.97. The molecule has 1 N–H and O–H groups in total. The van der Waals surface area contributed by atoms with Crippen molar-refractivity contribution in [2.45, 2.75) is 65.1 Å². The van der Waals surface area contributed by atoms with E-state index in [1.807, 2.05) is 13.1 Å². The standard InChI is InChI=1S/C20H31N5O/c1-15-11-18(23-22-15)13-24-8-9-25-19(12-21-20(25)16(24)2)7-10-26-14-17-5-3-4-6-17/h11-12,16-17H,3-10,13-14H2,1-2H3,(H,22,23)/t16-/m1/s1. The fourth-order valence-electron chi connectivity index (χ4n) is 4.39. The molecule has 0 amide bonds. The summed E-state index contributed by atoms with van der Waals surface area (Å²) in [6.45, 7) is 8.95. The van der Waals surface area contributed by atoms with Gasteiger partial charge in [-0.25, -0.2) is 4.98 Å². The average molecular weight is 358 g/mol. The predicted octanol–water partition coefficient (Wildman–Crippen LogP) is 3.24. The van der Waals surface area contributed by atoms with Gasteiger partial charge in [-0.2, -0.15) is 5.10 Å². The van der Waals surface area contributed by atoms with Crippen molar-refractivity contribution in [3.8, 4) is 0 Å². The first-order valence-electron chi connectivity index (χ1n) is 10.1. The lowest BCUT2D eigenvalue weighted by Gasteiger charge is -2.33. The highest BCUT2D eigenvalue weighted by Gasteiger charge is 2.27. The largest absolute Gasteiger partial charge is 0.381 e. The van der Waals surface area contributed by atoms with Crippen LogP contribution < -0.4 is 0 Å². The van der Waals surface area contributed by atoms with Crippen molar-refractivity contribution in [3.05, 3.63) is 35.2 Å². The summed E-state index contributed by atoms with van der Waals surface area (Å²) in [6.07, 6.45) is 8.49. The van der Waals surface area contributed by atoms with Crippen molar-refractivity contribution in [1.29, 1.82) is 0 Å². The Morgan fingerprint density at radius 1 is 1.27 bits per heavy atom. The molecule has 0 bridgehead atoms. The van der Waals surface area contributed by atoms with Crippen LogP contribution in [0.25, 0.3) is 0 Å². The topological polar surface area (TPSA) is 59.0 Å². The minimum absolute atomic E-state index is 0.314. The maximum absolute atomic E-state index is 5.95. The third-order valence-corrected chi connectivity index (χ3v) is 5.96. The number of H-pyrrole nitrogens is 1. The van der Waals surface area contributed by atoms with Gasteiger partial charge in [0.05, 0.1) is 18.3 Å². The number of imidazole rings is 1. The van der Waals surface area contributed by atoms with E-state index in [4.69, 9.17) is 9.72 Å². The third kappa shape index (κ3) is 3.86. The zero-order valence-electron chi connectivity index (χ0n) is 16.1. The first kappa shape index (κ1) is 17.7. The number of nitrogens with one attached hydrogen (secondary N) is 1. The highest BCUT2D eigenvalue weighted by atomic mass is 16.5. The van der Waals surface area contributed by atoms with Gasteiger partial charge in [-0.15, -0.1) is 0 Å². The number of hydrogen-bond donors (Lipinski definition) is 1. The number of aromatic nitrogens is 4. The minimum Gasteiger partial charge on any atom is -0.381 e.